The Morgan fingerprint density at radius 3 is 2.58 bits per heavy atom. The molecule has 0 saturated heterocycles. The maximum Gasteiger partial charge on any atom is 0.118 e. The zero-order chi connectivity index (χ0) is 13.5. The number of aryl methyl sites for hydroxylation is 1. The van der Waals surface area contributed by atoms with Crippen LogP contribution >= 0.6 is 0 Å². The second-order valence-electron chi connectivity index (χ2n) is 4.61. The first-order chi connectivity index (χ1) is 9.28. The van der Waals surface area contributed by atoms with E-state index in [0.717, 1.165) is 24.2 Å². The number of hydrogen-bond acceptors (Lipinski definition) is 3. The molecule has 1 unspecified atom stereocenters. The Bertz CT molecular complexity index is 482. The predicted molar refractivity (Wildman–Crippen MR) is 75.3 cm³/mol. The van der Waals surface area contributed by atoms with Crippen LogP contribution in [0.2, 0.25) is 0 Å². The van der Waals surface area contributed by atoms with E-state index in [9.17, 15) is 5.11 Å². The van der Waals surface area contributed by atoms with E-state index in [4.69, 9.17) is 4.74 Å². The first kappa shape index (κ1) is 13.6. The molecule has 0 bridgehead atoms. The standard InChI is InChI=1S/C16H19NO2/c1-19-16-8-5-13(6-9-16)4-7-15(18)11-14-3-2-10-17-12-14/h2-3,5-6,8-10,12,15,18H,4,7,11H2,1H3. The molecule has 0 saturated carbocycles. The van der Waals surface area contributed by atoms with Gasteiger partial charge in [0.2, 0.25) is 0 Å². The number of ether oxygens (including phenoxy) is 1. The number of hydrogen-bond donors (Lipinski definition) is 1. The van der Waals surface area contributed by atoms with Gasteiger partial charge in [0.05, 0.1) is 13.2 Å². The SMILES string of the molecule is COc1ccc(CCC(O)Cc2cccnc2)cc1. The van der Waals surface area contributed by atoms with Crippen LogP contribution in [0.3, 0.4) is 0 Å². The van der Waals surface area contributed by atoms with Gasteiger partial charge < -0.3 is 9.84 Å². The van der Waals surface area contributed by atoms with Gasteiger partial charge in [-0.2, -0.15) is 0 Å². The molecule has 2 aromatic rings. The van der Waals surface area contributed by atoms with Crippen molar-refractivity contribution in [1.82, 2.24) is 4.98 Å². The summed E-state index contributed by atoms with van der Waals surface area (Å²) in [6.07, 6.45) is 5.49. The Morgan fingerprint density at radius 1 is 1.16 bits per heavy atom. The highest BCUT2D eigenvalue weighted by Crippen LogP contribution is 2.14. The van der Waals surface area contributed by atoms with Gasteiger partial charge in [-0.05, 0) is 48.6 Å². The minimum Gasteiger partial charge on any atom is -0.497 e. The molecule has 1 heterocycles. The first-order valence-corrected chi connectivity index (χ1v) is 6.48. The molecule has 3 heteroatoms. The van der Waals surface area contributed by atoms with Crippen LogP contribution in [0.1, 0.15) is 17.5 Å². The summed E-state index contributed by atoms with van der Waals surface area (Å²) in [6.45, 7) is 0. The molecule has 1 aromatic carbocycles. The topological polar surface area (TPSA) is 42.4 Å². The van der Waals surface area contributed by atoms with Crippen LogP contribution in [0.25, 0.3) is 0 Å². The van der Waals surface area contributed by atoms with Gasteiger partial charge in [-0.25, -0.2) is 0 Å². The highest BCUT2D eigenvalue weighted by atomic mass is 16.5. The van der Waals surface area contributed by atoms with E-state index < -0.39 is 0 Å². The Morgan fingerprint density at radius 2 is 1.95 bits per heavy atom. The fraction of sp³-hybridized carbons (Fsp3) is 0.312. The van der Waals surface area contributed by atoms with Crippen LogP contribution in [-0.2, 0) is 12.8 Å². The van der Waals surface area contributed by atoms with Crippen molar-refractivity contribution in [3.63, 3.8) is 0 Å². The number of nitrogens with zero attached hydrogens (tertiary/aromatic N) is 1. The van der Waals surface area contributed by atoms with Crippen molar-refractivity contribution in [1.29, 1.82) is 0 Å². The molecule has 1 N–H and O–H groups in total. The Hall–Kier alpha value is -1.87. The summed E-state index contributed by atoms with van der Waals surface area (Å²) >= 11 is 0. The number of aliphatic hydroxyl groups is 1. The number of benzene rings is 1. The third-order valence-corrected chi connectivity index (χ3v) is 3.12. The van der Waals surface area contributed by atoms with Gasteiger partial charge in [0.15, 0.2) is 0 Å². The average molecular weight is 257 g/mol. The van der Waals surface area contributed by atoms with Crippen molar-refractivity contribution in [2.75, 3.05) is 7.11 Å². The smallest absolute Gasteiger partial charge is 0.118 e. The predicted octanol–water partition coefficient (Wildman–Crippen LogP) is 2.63. The second-order valence-corrected chi connectivity index (χ2v) is 4.61. The second kappa shape index (κ2) is 6.90. The van der Waals surface area contributed by atoms with Crippen LogP contribution in [0, 0.1) is 0 Å². The molecular formula is C16H19NO2. The summed E-state index contributed by atoms with van der Waals surface area (Å²) in [5.74, 6) is 0.861. The van der Waals surface area contributed by atoms with Crippen molar-refractivity contribution >= 4 is 0 Å². The van der Waals surface area contributed by atoms with Gasteiger partial charge >= 0.3 is 0 Å². The average Bonchev–Trinajstić information content (AvgIpc) is 2.47. The molecule has 0 aliphatic heterocycles. The fourth-order valence-electron chi connectivity index (χ4n) is 2.02. The van der Waals surface area contributed by atoms with Crippen molar-refractivity contribution in [3.8, 4) is 5.75 Å². The van der Waals surface area contributed by atoms with Gasteiger partial charge in [0, 0.05) is 12.4 Å². The van der Waals surface area contributed by atoms with Gasteiger partial charge in [-0.3, -0.25) is 4.98 Å². The zero-order valence-corrected chi connectivity index (χ0v) is 11.1. The van der Waals surface area contributed by atoms with E-state index in [1.165, 1.54) is 5.56 Å². The molecule has 1 atom stereocenters. The van der Waals surface area contributed by atoms with Crippen LogP contribution < -0.4 is 4.74 Å². The number of rotatable bonds is 6. The molecule has 0 amide bonds. The van der Waals surface area contributed by atoms with Crippen LogP contribution in [0.5, 0.6) is 5.75 Å². The van der Waals surface area contributed by atoms with E-state index in [1.54, 1.807) is 19.5 Å². The third-order valence-electron chi connectivity index (χ3n) is 3.12. The largest absolute Gasteiger partial charge is 0.497 e. The number of methoxy groups -OCH3 is 1. The normalized spacial score (nSPS) is 12.1. The monoisotopic (exact) mass is 257 g/mol. The van der Waals surface area contributed by atoms with E-state index in [1.807, 2.05) is 36.4 Å². The van der Waals surface area contributed by atoms with Crippen molar-refractivity contribution in [3.05, 3.63) is 59.9 Å². The van der Waals surface area contributed by atoms with Gasteiger partial charge in [-0.15, -0.1) is 0 Å². The minimum absolute atomic E-state index is 0.327. The molecular weight excluding hydrogens is 238 g/mol. The van der Waals surface area contributed by atoms with E-state index in [2.05, 4.69) is 4.98 Å². The number of aromatic nitrogens is 1. The highest BCUT2D eigenvalue weighted by Gasteiger charge is 2.06. The third kappa shape index (κ3) is 4.38. The Balaban J connectivity index is 1.81. The molecule has 1 aromatic heterocycles. The van der Waals surface area contributed by atoms with Crippen LogP contribution in [0.15, 0.2) is 48.8 Å². The lowest BCUT2D eigenvalue weighted by molar-refractivity contribution is 0.165. The summed E-state index contributed by atoms with van der Waals surface area (Å²) in [5, 5.41) is 10.0. The molecule has 19 heavy (non-hydrogen) atoms. The molecule has 100 valence electrons. The maximum atomic E-state index is 10.0. The molecule has 0 radical (unpaired) electrons. The minimum atomic E-state index is -0.327. The Labute approximate surface area is 113 Å². The van der Waals surface area contributed by atoms with E-state index in [0.29, 0.717) is 6.42 Å². The lowest BCUT2D eigenvalue weighted by atomic mass is 10.0. The summed E-state index contributed by atoms with van der Waals surface area (Å²) in [5.41, 5.74) is 2.29. The number of pyridine rings is 1. The first-order valence-electron chi connectivity index (χ1n) is 6.48. The summed E-state index contributed by atoms with van der Waals surface area (Å²) in [6, 6.07) is 11.9. The van der Waals surface area contributed by atoms with Gasteiger partial charge in [0.25, 0.3) is 0 Å². The quantitative estimate of drug-likeness (QED) is 0.865. The van der Waals surface area contributed by atoms with Crippen LogP contribution in [0.4, 0.5) is 0 Å². The molecule has 0 spiro atoms. The zero-order valence-electron chi connectivity index (χ0n) is 11.1. The summed E-state index contributed by atoms with van der Waals surface area (Å²) in [7, 11) is 1.66. The number of aliphatic hydroxyl groups excluding tert-OH is 1. The molecule has 2 rings (SSSR count). The van der Waals surface area contributed by atoms with Crippen LogP contribution in [-0.4, -0.2) is 23.3 Å². The van der Waals surface area contributed by atoms with Crippen molar-refractivity contribution in [2.24, 2.45) is 0 Å². The summed E-state index contributed by atoms with van der Waals surface area (Å²) in [4.78, 5) is 4.05. The molecule has 3 nitrogen and oxygen atoms in total. The lowest BCUT2D eigenvalue weighted by Gasteiger charge is -2.10. The molecule has 0 fully saturated rings. The lowest BCUT2D eigenvalue weighted by Crippen LogP contribution is -2.11. The highest BCUT2D eigenvalue weighted by molar-refractivity contribution is 5.27. The fourth-order valence-corrected chi connectivity index (χ4v) is 2.02. The Kier molecular flexibility index (Phi) is 4.93. The van der Waals surface area contributed by atoms with E-state index in [-0.39, 0.29) is 6.10 Å². The van der Waals surface area contributed by atoms with Gasteiger partial charge in [-0.1, -0.05) is 18.2 Å². The van der Waals surface area contributed by atoms with Crippen molar-refractivity contribution < 1.29 is 9.84 Å². The maximum absolute atomic E-state index is 10.0. The van der Waals surface area contributed by atoms with Crippen molar-refractivity contribution in [2.45, 2.75) is 25.4 Å². The molecule has 0 aliphatic carbocycles. The summed E-state index contributed by atoms with van der Waals surface area (Å²) < 4.78 is 5.12. The molecule has 0 aliphatic rings. The van der Waals surface area contributed by atoms with Gasteiger partial charge in [0.1, 0.15) is 5.75 Å². The van der Waals surface area contributed by atoms with E-state index >= 15 is 0 Å².